The molecule has 0 radical (unpaired) electrons. The number of hydrogen-bond donors (Lipinski definition) is 0. The van der Waals surface area contributed by atoms with E-state index in [4.69, 9.17) is 4.74 Å². The van der Waals surface area contributed by atoms with Crippen molar-refractivity contribution >= 4 is 17.7 Å². The van der Waals surface area contributed by atoms with Gasteiger partial charge in [0.15, 0.2) is 0 Å². The minimum Gasteiger partial charge on any atom is -0.444 e. The zero-order chi connectivity index (χ0) is 20.2. The van der Waals surface area contributed by atoms with E-state index in [2.05, 4.69) is 0 Å². The van der Waals surface area contributed by atoms with Crippen LogP contribution < -0.4 is 4.90 Å². The van der Waals surface area contributed by atoms with Crippen molar-refractivity contribution in [3.8, 4) is 0 Å². The maximum Gasteiger partial charge on any atom is 0.410 e. The smallest absolute Gasteiger partial charge is 0.410 e. The van der Waals surface area contributed by atoms with E-state index in [9.17, 15) is 14.0 Å². The van der Waals surface area contributed by atoms with Gasteiger partial charge in [0.1, 0.15) is 11.4 Å². The third-order valence-electron chi connectivity index (χ3n) is 4.56. The molecule has 1 aromatic rings. The van der Waals surface area contributed by atoms with E-state index < -0.39 is 5.60 Å². The number of carbonyl (C=O) groups is 2. The molecule has 2 amide bonds. The average Bonchev–Trinajstić information content (AvgIpc) is 2.95. The molecule has 150 valence electrons. The predicted octanol–water partition coefficient (Wildman–Crippen LogP) is 3.12. The summed E-state index contributed by atoms with van der Waals surface area (Å²) in [7, 11) is 3.59. The molecule has 1 atom stereocenters. The Morgan fingerprint density at radius 2 is 1.93 bits per heavy atom. The summed E-state index contributed by atoms with van der Waals surface area (Å²) in [5.74, 6) is -0.462. The lowest BCUT2D eigenvalue weighted by molar-refractivity contribution is -0.121. The molecule has 0 saturated carbocycles. The third kappa shape index (κ3) is 5.66. The summed E-state index contributed by atoms with van der Waals surface area (Å²) < 4.78 is 19.3. The van der Waals surface area contributed by atoms with Crippen molar-refractivity contribution in [2.24, 2.45) is 0 Å². The van der Waals surface area contributed by atoms with Crippen molar-refractivity contribution in [2.45, 2.75) is 45.3 Å². The van der Waals surface area contributed by atoms with Gasteiger partial charge in [-0.25, -0.2) is 9.18 Å². The van der Waals surface area contributed by atoms with Crippen LogP contribution in [0.3, 0.4) is 0 Å². The fraction of sp³-hybridized carbons (Fsp3) is 0.600. The van der Waals surface area contributed by atoms with Gasteiger partial charge in [-0.15, -0.1) is 0 Å². The Labute approximate surface area is 160 Å². The molecule has 0 unspecified atom stereocenters. The molecule has 27 heavy (non-hydrogen) atoms. The molecule has 1 heterocycles. The van der Waals surface area contributed by atoms with Gasteiger partial charge in [-0.3, -0.25) is 9.69 Å². The van der Waals surface area contributed by atoms with Gasteiger partial charge in [-0.1, -0.05) is 12.1 Å². The number of para-hydroxylation sites is 1. The van der Waals surface area contributed by atoms with Crippen molar-refractivity contribution in [1.82, 2.24) is 9.80 Å². The molecule has 7 heteroatoms. The number of rotatable bonds is 6. The Kier molecular flexibility index (Phi) is 6.81. The first-order valence-electron chi connectivity index (χ1n) is 9.30. The number of nitrogens with zero attached hydrogens (tertiary/aromatic N) is 3. The first kappa shape index (κ1) is 21.2. The van der Waals surface area contributed by atoms with Gasteiger partial charge in [-0.05, 0) is 52.8 Å². The van der Waals surface area contributed by atoms with Crippen molar-refractivity contribution in [3.05, 3.63) is 30.1 Å². The highest BCUT2D eigenvalue weighted by molar-refractivity contribution is 5.99. The van der Waals surface area contributed by atoms with Crippen LogP contribution in [0.25, 0.3) is 0 Å². The Morgan fingerprint density at radius 1 is 1.26 bits per heavy atom. The zero-order valence-electron chi connectivity index (χ0n) is 16.9. The number of carbonyl (C=O) groups excluding carboxylic acids is 2. The quantitative estimate of drug-likeness (QED) is 0.762. The lowest BCUT2D eigenvalue weighted by Gasteiger charge is -2.26. The summed E-state index contributed by atoms with van der Waals surface area (Å²) in [6, 6.07) is 6.08. The lowest BCUT2D eigenvalue weighted by atomic mass is 10.2. The molecule has 1 saturated heterocycles. The number of amides is 2. The lowest BCUT2D eigenvalue weighted by Crippen LogP contribution is -2.41. The summed E-state index contributed by atoms with van der Waals surface area (Å²) in [5, 5.41) is 0. The fourth-order valence-corrected chi connectivity index (χ4v) is 3.13. The largest absolute Gasteiger partial charge is 0.444 e. The van der Waals surface area contributed by atoms with Gasteiger partial charge < -0.3 is 14.5 Å². The second-order valence-electron chi connectivity index (χ2n) is 7.98. The first-order valence-corrected chi connectivity index (χ1v) is 9.30. The standard InChI is InChI=1S/C20H30FN3O3/c1-20(2,3)27-19(26)23(5)13-8-12-22(4)17-11-14-24(18(17)25)16-10-7-6-9-15(16)21/h6-7,9-10,17H,8,11-14H2,1-5H3/t17-/m0/s1. The monoisotopic (exact) mass is 379 g/mol. The minimum atomic E-state index is -0.519. The molecule has 6 nitrogen and oxygen atoms in total. The zero-order valence-corrected chi connectivity index (χ0v) is 16.9. The normalized spacial score (nSPS) is 17.5. The third-order valence-corrected chi connectivity index (χ3v) is 4.56. The summed E-state index contributed by atoms with van der Waals surface area (Å²) in [4.78, 5) is 29.7. The van der Waals surface area contributed by atoms with Crippen molar-refractivity contribution in [2.75, 3.05) is 38.6 Å². The van der Waals surface area contributed by atoms with Crippen molar-refractivity contribution in [3.63, 3.8) is 0 Å². The van der Waals surface area contributed by atoms with E-state index in [0.29, 0.717) is 31.7 Å². The van der Waals surface area contributed by atoms with Crippen molar-refractivity contribution < 1.29 is 18.7 Å². The van der Waals surface area contributed by atoms with Crippen LogP contribution in [-0.2, 0) is 9.53 Å². The SMILES string of the molecule is CN(CCCN(C)[C@H]1CCN(c2ccccc2F)C1=O)C(=O)OC(C)(C)C. The minimum absolute atomic E-state index is 0.0805. The molecule has 1 aromatic carbocycles. The average molecular weight is 379 g/mol. The second kappa shape index (κ2) is 8.69. The highest BCUT2D eigenvalue weighted by Crippen LogP contribution is 2.26. The van der Waals surface area contributed by atoms with Crippen LogP contribution in [0.5, 0.6) is 0 Å². The number of hydrogen-bond acceptors (Lipinski definition) is 4. The number of ether oxygens (including phenoxy) is 1. The summed E-state index contributed by atoms with van der Waals surface area (Å²) in [6.07, 6.45) is 1.02. The van der Waals surface area contributed by atoms with E-state index >= 15 is 0 Å². The predicted molar refractivity (Wildman–Crippen MR) is 103 cm³/mol. The van der Waals surface area contributed by atoms with Gasteiger partial charge in [0, 0.05) is 26.7 Å². The highest BCUT2D eigenvalue weighted by Gasteiger charge is 2.36. The Bertz CT molecular complexity index is 675. The van der Waals surface area contributed by atoms with Gasteiger partial charge in [0.2, 0.25) is 5.91 Å². The van der Waals surface area contributed by atoms with E-state index in [0.717, 1.165) is 6.42 Å². The Morgan fingerprint density at radius 3 is 2.56 bits per heavy atom. The van der Waals surface area contributed by atoms with Gasteiger partial charge in [0.05, 0.1) is 11.7 Å². The molecule has 0 bridgehead atoms. The summed E-state index contributed by atoms with van der Waals surface area (Å²) in [5.41, 5.74) is -0.183. The molecule has 2 rings (SSSR count). The maximum atomic E-state index is 14.0. The van der Waals surface area contributed by atoms with Gasteiger partial charge in [-0.2, -0.15) is 0 Å². The summed E-state index contributed by atoms with van der Waals surface area (Å²) in [6.45, 7) is 7.21. The molecule has 0 aromatic heterocycles. The Hall–Kier alpha value is -2.15. The molecule has 0 spiro atoms. The van der Waals surface area contributed by atoms with E-state index in [1.54, 1.807) is 30.1 Å². The van der Waals surface area contributed by atoms with Crippen LogP contribution >= 0.6 is 0 Å². The highest BCUT2D eigenvalue weighted by atomic mass is 19.1. The van der Waals surface area contributed by atoms with Crippen molar-refractivity contribution in [1.29, 1.82) is 0 Å². The molecule has 1 fully saturated rings. The van der Waals surface area contributed by atoms with Gasteiger partial charge in [0.25, 0.3) is 0 Å². The van der Waals surface area contributed by atoms with E-state index in [1.807, 2.05) is 32.7 Å². The number of halogens is 1. The van der Waals surface area contributed by atoms with Crippen LogP contribution in [0, 0.1) is 5.82 Å². The van der Waals surface area contributed by atoms with E-state index in [-0.39, 0.29) is 23.9 Å². The Balaban J connectivity index is 1.83. The molecular weight excluding hydrogens is 349 g/mol. The van der Waals surface area contributed by atoms with Crippen LogP contribution in [0.4, 0.5) is 14.9 Å². The molecule has 0 aliphatic carbocycles. The maximum absolute atomic E-state index is 14.0. The first-order chi connectivity index (χ1) is 12.6. The van der Waals surface area contributed by atoms with Crippen LogP contribution in [-0.4, -0.2) is 67.2 Å². The second-order valence-corrected chi connectivity index (χ2v) is 7.98. The molecule has 1 aliphatic heterocycles. The van der Waals surface area contributed by atoms with Crippen LogP contribution in [0.2, 0.25) is 0 Å². The molecule has 0 N–H and O–H groups in total. The topological polar surface area (TPSA) is 53.1 Å². The van der Waals surface area contributed by atoms with Gasteiger partial charge >= 0.3 is 6.09 Å². The number of benzene rings is 1. The van der Waals surface area contributed by atoms with E-state index in [1.165, 1.54) is 11.0 Å². The summed E-state index contributed by atoms with van der Waals surface area (Å²) >= 11 is 0. The number of likely N-dealkylation sites (N-methyl/N-ethyl adjacent to an activating group) is 1. The molecule has 1 aliphatic rings. The fourth-order valence-electron chi connectivity index (χ4n) is 3.13. The molecular formula is C20H30FN3O3. The van der Waals surface area contributed by atoms with Crippen LogP contribution in [0.15, 0.2) is 24.3 Å². The van der Waals surface area contributed by atoms with Crippen LogP contribution in [0.1, 0.15) is 33.6 Å². The number of anilines is 1.